The second kappa shape index (κ2) is 8.82. The molecule has 0 radical (unpaired) electrons. The van der Waals surface area contributed by atoms with E-state index in [1.807, 2.05) is 0 Å². The first-order valence-electron chi connectivity index (χ1n) is 9.63. The number of nitrogen functional groups attached to an aromatic ring is 1. The molecule has 0 saturated carbocycles. The Bertz CT molecular complexity index is 1460. The number of aromatic nitrogens is 6. The minimum absolute atomic E-state index is 0.187. The molecular weight excluding hydrogens is 449 g/mol. The number of carbonyl (C=O) groups excluding carboxylic acids is 1. The summed E-state index contributed by atoms with van der Waals surface area (Å²) in [5, 5.41) is 8.77. The Morgan fingerprint density at radius 2 is 1.70 bits per heavy atom. The first-order chi connectivity index (χ1) is 15.8. The highest BCUT2D eigenvalue weighted by Gasteiger charge is 2.22. The molecular formula is C21H18FN7O3S. The summed E-state index contributed by atoms with van der Waals surface area (Å²) in [4.78, 5) is 41.4. The van der Waals surface area contributed by atoms with Gasteiger partial charge in [-0.15, -0.1) is 10.2 Å². The molecule has 2 N–H and O–H groups in total. The van der Waals surface area contributed by atoms with Gasteiger partial charge in [-0.25, -0.2) is 9.18 Å². The average Bonchev–Trinajstić information content (AvgIpc) is 3.25. The van der Waals surface area contributed by atoms with Crippen LogP contribution < -0.4 is 17.0 Å². The maximum Gasteiger partial charge on any atom is 0.332 e. The zero-order valence-electron chi connectivity index (χ0n) is 17.6. The fraction of sp³-hybridized carbons (Fsp3) is 0.143. The highest BCUT2D eigenvalue weighted by molar-refractivity contribution is 7.99. The standard InChI is InChI=1S/C21H18FN7O3S/c1-27-17(23)16(19(31)28(2)21(27)32)15(30)11-33-20-26-25-18(12-7-9-24-10-8-12)29(20)14-5-3-13(22)4-6-14/h3-10H,11,23H2,1-2H3. The van der Waals surface area contributed by atoms with Gasteiger partial charge in [0.15, 0.2) is 16.8 Å². The van der Waals surface area contributed by atoms with Gasteiger partial charge in [-0.2, -0.15) is 0 Å². The Hall–Kier alpha value is -4.06. The molecule has 0 spiro atoms. The van der Waals surface area contributed by atoms with Crippen molar-refractivity contribution >= 4 is 23.4 Å². The van der Waals surface area contributed by atoms with Gasteiger partial charge in [0, 0.05) is 37.7 Å². The van der Waals surface area contributed by atoms with E-state index in [1.165, 1.54) is 26.2 Å². The van der Waals surface area contributed by atoms with Gasteiger partial charge in [0.05, 0.1) is 5.75 Å². The number of halogens is 1. The molecule has 0 unspecified atom stereocenters. The SMILES string of the molecule is Cn1c(N)c(C(=O)CSc2nnc(-c3ccncc3)n2-c2ccc(F)cc2)c(=O)n(C)c1=O. The van der Waals surface area contributed by atoms with Gasteiger partial charge in [0.1, 0.15) is 17.2 Å². The summed E-state index contributed by atoms with van der Waals surface area (Å²) in [5.74, 6) is -0.883. The third-order valence-corrected chi connectivity index (χ3v) is 5.91. The summed E-state index contributed by atoms with van der Waals surface area (Å²) in [5.41, 5.74) is 5.53. The van der Waals surface area contributed by atoms with Crippen LogP contribution in [-0.4, -0.2) is 40.4 Å². The number of anilines is 1. The zero-order chi connectivity index (χ0) is 23.7. The molecule has 0 aliphatic rings. The van der Waals surface area contributed by atoms with Crippen LogP contribution >= 0.6 is 11.8 Å². The summed E-state index contributed by atoms with van der Waals surface area (Å²) in [7, 11) is 2.66. The molecule has 0 saturated heterocycles. The zero-order valence-corrected chi connectivity index (χ0v) is 18.4. The van der Waals surface area contributed by atoms with E-state index in [1.54, 1.807) is 41.2 Å². The van der Waals surface area contributed by atoms with E-state index < -0.39 is 22.8 Å². The molecule has 0 aliphatic heterocycles. The normalized spacial score (nSPS) is 11.0. The second-order valence-corrected chi connectivity index (χ2v) is 7.97. The summed E-state index contributed by atoms with van der Waals surface area (Å²) in [6.45, 7) is 0. The number of nitrogens with two attached hydrogens (primary N) is 1. The van der Waals surface area contributed by atoms with E-state index in [4.69, 9.17) is 5.73 Å². The first-order valence-corrected chi connectivity index (χ1v) is 10.6. The maximum absolute atomic E-state index is 13.5. The summed E-state index contributed by atoms with van der Waals surface area (Å²) >= 11 is 1.04. The Balaban J connectivity index is 1.72. The van der Waals surface area contributed by atoms with Crippen molar-refractivity contribution in [3.63, 3.8) is 0 Å². The van der Waals surface area contributed by atoms with Crippen molar-refractivity contribution in [2.45, 2.75) is 5.16 Å². The third-order valence-electron chi connectivity index (χ3n) is 4.98. The van der Waals surface area contributed by atoms with Crippen LogP contribution in [0.3, 0.4) is 0 Å². The number of ketones is 1. The number of nitrogens with zero attached hydrogens (tertiary/aromatic N) is 6. The van der Waals surface area contributed by atoms with Gasteiger partial charge in [-0.3, -0.25) is 28.3 Å². The molecule has 0 aliphatic carbocycles. The van der Waals surface area contributed by atoms with Crippen molar-refractivity contribution in [2.75, 3.05) is 11.5 Å². The molecule has 3 aromatic heterocycles. The van der Waals surface area contributed by atoms with E-state index in [-0.39, 0.29) is 17.1 Å². The number of rotatable bonds is 6. The Morgan fingerprint density at radius 1 is 1.03 bits per heavy atom. The quantitative estimate of drug-likeness (QED) is 0.333. The molecule has 168 valence electrons. The number of benzene rings is 1. The predicted molar refractivity (Wildman–Crippen MR) is 121 cm³/mol. The fourth-order valence-corrected chi connectivity index (χ4v) is 4.02. The Labute approximate surface area is 190 Å². The third kappa shape index (κ3) is 4.07. The molecule has 0 atom stereocenters. The van der Waals surface area contributed by atoms with Crippen LogP contribution in [0, 0.1) is 5.82 Å². The Kier molecular flexibility index (Phi) is 5.92. The monoisotopic (exact) mass is 467 g/mol. The van der Waals surface area contributed by atoms with E-state index >= 15 is 0 Å². The van der Waals surface area contributed by atoms with Gasteiger partial charge in [0.2, 0.25) is 0 Å². The van der Waals surface area contributed by atoms with Gasteiger partial charge in [-0.1, -0.05) is 11.8 Å². The molecule has 4 aromatic rings. The van der Waals surface area contributed by atoms with E-state index in [0.717, 1.165) is 26.5 Å². The van der Waals surface area contributed by atoms with E-state index in [0.29, 0.717) is 16.7 Å². The van der Waals surface area contributed by atoms with Crippen LogP contribution in [0.4, 0.5) is 10.2 Å². The van der Waals surface area contributed by atoms with Crippen molar-refractivity contribution in [1.82, 2.24) is 28.9 Å². The molecule has 4 rings (SSSR count). The summed E-state index contributed by atoms with van der Waals surface area (Å²) in [6.07, 6.45) is 3.21. The largest absolute Gasteiger partial charge is 0.384 e. The summed E-state index contributed by atoms with van der Waals surface area (Å²) in [6, 6.07) is 9.24. The number of hydrogen-bond donors (Lipinski definition) is 1. The van der Waals surface area contributed by atoms with Crippen LogP contribution in [0.25, 0.3) is 17.1 Å². The number of Topliss-reactive ketones (excluding diaryl/α,β-unsaturated/α-hetero) is 1. The topological polar surface area (TPSA) is 131 Å². The van der Waals surface area contributed by atoms with Gasteiger partial charge < -0.3 is 5.73 Å². The molecule has 0 fully saturated rings. The molecule has 10 nitrogen and oxygen atoms in total. The predicted octanol–water partition coefficient (Wildman–Crippen LogP) is 1.42. The lowest BCUT2D eigenvalue weighted by atomic mass is 10.2. The van der Waals surface area contributed by atoms with Gasteiger partial charge >= 0.3 is 5.69 Å². The van der Waals surface area contributed by atoms with Crippen LogP contribution in [0.5, 0.6) is 0 Å². The first kappa shape index (κ1) is 22.1. The highest BCUT2D eigenvalue weighted by Crippen LogP contribution is 2.28. The van der Waals surface area contributed by atoms with Crippen LogP contribution in [-0.2, 0) is 14.1 Å². The molecule has 12 heteroatoms. The molecule has 0 bridgehead atoms. The highest BCUT2D eigenvalue weighted by atomic mass is 32.2. The van der Waals surface area contributed by atoms with Crippen molar-refractivity contribution in [2.24, 2.45) is 14.1 Å². The fourth-order valence-electron chi connectivity index (χ4n) is 3.20. The number of carbonyl (C=O) groups is 1. The van der Waals surface area contributed by atoms with Crippen molar-refractivity contribution < 1.29 is 9.18 Å². The number of thioether (sulfide) groups is 1. The Morgan fingerprint density at radius 3 is 2.36 bits per heavy atom. The molecule has 0 amide bonds. The maximum atomic E-state index is 13.5. The van der Waals surface area contributed by atoms with Crippen molar-refractivity contribution in [3.8, 4) is 17.1 Å². The van der Waals surface area contributed by atoms with Gasteiger partial charge in [-0.05, 0) is 36.4 Å². The lowest BCUT2D eigenvalue weighted by molar-refractivity contribution is 0.102. The van der Waals surface area contributed by atoms with Gasteiger partial charge in [0.25, 0.3) is 5.56 Å². The summed E-state index contributed by atoms with van der Waals surface area (Å²) < 4.78 is 17.0. The van der Waals surface area contributed by atoms with E-state index in [2.05, 4.69) is 15.2 Å². The lowest BCUT2D eigenvalue weighted by Gasteiger charge is -2.12. The molecule has 33 heavy (non-hydrogen) atoms. The van der Waals surface area contributed by atoms with Crippen LogP contribution in [0.2, 0.25) is 0 Å². The smallest absolute Gasteiger partial charge is 0.332 e. The number of hydrogen-bond acceptors (Lipinski definition) is 8. The minimum atomic E-state index is -0.765. The number of pyridine rings is 1. The van der Waals surface area contributed by atoms with Crippen LogP contribution in [0.15, 0.2) is 63.5 Å². The van der Waals surface area contributed by atoms with Crippen molar-refractivity contribution in [3.05, 3.63) is 81.0 Å². The van der Waals surface area contributed by atoms with Crippen molar-refractivity contribution in [1.29, 1.82) is 0 Å². The molecule has 1 aromatic carbocycles. The van der Waals surface area contributed by atoms with E-state index in [9.17, 15) is 18.8 Å². The minimum Gasteiger partial charge on any atom is -0.384 e. The molecule has 3 heterocycles. The van der Waals surface area contributed by atoms with Crippen LogP contribution in [0.1, 0.15) is 10.4 Å². The average molecular weight is 467 g/mol. The lowest BCUT2D eigenvalue weighted by Crippen LogP contribution is -2.41. The second-order valence-electron chi connectivity index (χ2n) is 7.03.